The van der Waals surface area contributed by atoms with Crippen molar-refractivity contribution in [1.82, 2.24) is 0 Å². The van der Waals surface area contributed by atoms with Crippen molar-refractivity contribution in [3.63, 3.8) is 0 Å². The van der Waals surface area contributed by atoms with Gasteiger partial charge in [-0.1, -0.05) is 0 Å². The van der Waals surface area contributed by atoms with Crippen LogP contribution in [0.25, 0.3) is 0 Å². The second-order valence-electron chi connectivity index (χ2n) is 1.96. The Balaban J connectivity index is 2.44. The van der Waals surface area contributed by atoms with Crippen molar-refractivity contribution >= 4 is 15.8 Å². The Morgan fingerprint density at radius 1 is 1.60 bits per heavy atom. The van der Waals surface area contributed by atoms with E-state index in [1.165, 1.54) is 0 Å². The average molecular weight is 153 g/mol. The summed E-state index contributed by atoms with van der Waals surface area (Å²) < 4.78 is 15.3. The minimum absolute atomic E-state index is 0.0827. The molecule has 2 rings (SSSR count). The molecule has 0 aromatic carbocycles. The molecule has 10 heavy (non-hydrogen) atoms. The number of allylic oxidation sites excluding steroid dienone is 2. The molecule has 0 unspecified atom stereocenters. The zero-order valence-electron chi connectivity index (χ0n) is 5.38. The molecule has 51 valence electrons. The summed E-state index contributed by atoms with van der Waals surface area (Å²) in [6.45, 7) is 1.85. The lowest BCUT2D eigenvalue weighted by atomic mass is 10.2. The van der Waals surface area contributed by atoms with Crippen LogP contribution in [0, 0.1) is 0 Å². The van der Waals surface area contributed by atoms with E-state index >= 15 is 0 Å². The van der Waals surface area contributed by atoms with E-state index in [2.05, 4.69) is 0 Å². The first-order valence-corrected chi connectivity index (χ1v) is 3.69. The van der Waals surface area contributed by atoms with Crippen molar-refractivity contribution in [2.24, 2.45) is 0 Å². The van der Waals surface area contributed by atoms with E-state index in [-0.39, 0.29) is 10.0 Å². The maximum absolute atomic E-state index is 5.14. The molecule has 4 heteroatoms. The summed E-state index contributed by atoms with van der Waals surface area (Å²) in [5.74, 6) is 2.28. The molecule has 0 fully saturated rings. The number of carbonyl (C=O) groups excluding carboxylic acids is 1. The lowest BCUT2D eigenvalue weighted by Gasteiger charge is -2.07. The van der Waals surface area contributed by atoms with Gasteiger partial charge in [-0.2, -0.15) is 0 Å². The Morgan fingerprint density at radius 2 is 2.50 bits per heavy atom. The Kier molecular flexibility index (Phi) is 1.14. The first-order valence-electron chi connectivity index (χ1n) is 2.88. The summed E-state index contributed by atoms with van der Waals surface area (Å²) in [5, 5.41) is 0. The Bertz CT molecular complexity index is 252. The summed E-state index contributed by atoms with van der Waals surface area (Å²) in [4.78, 5) is 0. The molecule has 1 radical (unpaired) electrons. The Labute approximate surface area is 60.7 Å². The highest BCUT2D eigenvalue weighted by Gasteiger charge is 2.24. The molecule has 0 saturated carbocycles. The van der Waals surface area contributed by atoms with Gasteiger partial charge in [0.2, 0.25) is 5.76 Å². The van der Waals surface area contributed by atoms with E-state index in [1.54, 1.807) is 12.3 Å². The molecule has 0 aromatic heterocycles. The molecule has 0 aliphatic carbocycles. The molecule has 0 saturated heterocycles. The fourth-order valence-electron chi connectivity index (χ4n) is 0.811. The molecule has 0 bridgehead atoms. The van der Waals surface area contributed by atoms with Crippen molar-refractivity contribution in [2.75, 3.05) is 0 Å². The highest BCUT2D eigenvalue weighted by Crippen LogP contribution is 2.17. The van der Waals surface area contributed by atoms with Gasteiger partial charge in [-0.05, 0) is 6.92 Å². The Hall–Kier alpha value is -1.03. The van der Waals surface area contributed by atoms with Crippen LogP contribution in [-0.4, -0.2) is 15.8 Å². The zero-order valence-corrected chi connectivity index (χ0v) is 6.38. The van der Waals surface area contributed by atoms with Gasteiger partial charge in [-0.3, -0.25) is 0 Å². The van der Waals surface area contributed by atoms with Crippen LogP contribution in [0.5, 0.6) is 0 Å². The molecular weight excluding hydrogens is 148 g/mol. The highest BCUT2D eigenvalue weighted by molar-refractivity contribution is 6.25. The van der Waals surface area contributed by atoms with Gasteiger partial charge in [0.1, 0.15) is 12.0 Å². The van der Waals surface area contributed by atoms with Crippen molar-refractivity contribution in [1.29, 1.82) is 0 Å². The van der Waals surface area contributed by atoms with E-state index in [1.807, 2.05) is 6.92 Å². The SMILES string of the molecule is CC1=C2O[Si-][O+]=C2C=CO1. The molecular formula is C6H5O3Si. The van der Waals surface area contributed by atoms with Crippen molar-refractivity contribution in [2.45, 2.75) is 6.92 Å². The standard InChI is InChI=1S/C6H5O3Si/c1-4-6-5(2-3-7-4)8-10-9-6/h2-3H,1H3. The third kappa shape index (κ3) is 0.690. The summed E-state index contributed by atoms with van der Waals surface area (Å²) >= 11 is 0. The van der Waals surface area contributed by atoms with E-state index in [0.717, 1.165) is 17.3 Å². The summed E-state index contributed by atoms with van der Waals surface area (Å²) in [7, 11) is 0.0827. The molecule has 2 aliphatic heterocycles. The molecule has 0 spiro atoms. The van der Waals surface area contributed by atoms with Gasteiger partial charge in [-0.15, -0.1) is 0 Å². The summed E-state index contributed by atoms with van der Waals surface area (Å²) in [6.07, 6.45) is 3.34. The minimum Gasteiger partial charge on any atom is -0.621 e. The summed E-state index contributed by atoms with van der Waals surface area (Å²) in [5.41, 5.74) is 0. The van der Waals surface area contributed by atoms with Crippen LogP contribution < -0.4 is 0 Å². The van der Waals surface area contributed by atoms with E-state index in [4.69, 9.17) is 13.3 Å². The van der Waals surface area contributed by atoms with Crippen LogP contribution in [0.3, 0.4) is 0 Å². The van der Waals surface area contributed by atoms with Crippen molar-refractivity contribution < 1.29 is 13.3 Å². The number of ketones is 1. The van der Waals surface area contributed by atoms with Crippen molar-refractivity contribution in [3.05, 3.63) is 23.9 Å². The quantitative estimate of drug-likeness (QED) is 0.373. The van der Waals surface area contributed by atoms with E-state index in [0.29, 0.717) is 0 Å². The minimum atomic E-state index is 0.0827. The zero-order chi connectivity index (χ0) is 6.97. The molecule has 0 amide bonds. The number of hydrogen-bond acceptors (Lipinski definition) is 2. The molecule has 3 nitrogen and oxygen atoms in total. The lowest BCUT2D eigenvalue weighted by Crippen LogP contribution is -2.04. The van der Waals surface area contributed by atoms with Crippen LogP contribution in [0.2, 0.25) is 0 Å². The van der Waals surface area contributed by atoms with Gasteiger partial charge < -0.3 is 13.3 Å². The predicted molar refractivity (Wildman–Crippen MR) is 34.8 cm³/mol. The molecule has 0 atom stereocenters. The van der Waals surface area contributed by atoms with Gasteiger partial charge in [0.25, 0.3) is 0 Å². The second kappa shape index (κ2) is 1.98. The van der Waals surface area contributed by atoms with Gasteiger partial charge in [0.15, 0.2) is 0 Å². The first kappa shape index (κ1) is 5.73. The number of hydrogen-bond donors (Lipinski definition) is 0. The highest BCUT2D eigenvalue weighted by atomic mass is 28.2. The number of rotatable bonds is 0. The monoisotopic (exact) mass is 153 g/mol. The average Bonchev–Trinajstić information content (AvgIpc) is 2.36. The molecule has 2 heterocycles. The summed E-state index contributed by atoms with van der Waals surface area (Å²) in [6, 6.07) is 0. The molecule has 0 aromatic rings. The van der Waals surface area contributed by atoms with Crippen LogP contribution in [0.15, 0.2) is 23.9 Å². The third-order valence-electron chi connectivity index (χ3n) is 1.30. The van der Waals surface area contributed by atoms with E-state index in [9.17, 15) is 0 Å². The van der Waals surface area contributed by atoms with Crippen LogP contribution in [-0.2, 0) is 13.3 Å². The fraction of sp³-hybridized carbons (Fsp3) is 0.167. The van der Waals surface area contributed by atoms with E-state index < -0.39 is 0 Å². The van der Waals surface area contributed by atoms with Crippen LogP contribution in [0.4, 0.5) is 0 Å². The van der Waals surface area contributed by atoms with Crippen molar-refractivity contribution in [3.8, 4) is 0 Å². The van der Waals surface area contributed by atoms with Crippen LogP contribution in [0.1, 0.15) is 6.92 Å². The number of ether oxygens (including phenoxy) is 1. The van der Waals surface area contributed by atoms with Gasteiger partial charge in [-0.25, -0.2) is 0 Å². The smallest absolute Gasteiger partial charge is 0.424 e. The van der Waals surface area contributed by atoms with Gasteiger partial charge in [0, 0.05) is 0 Å². The maximum atomic E-state index is 5.14. The predicted octanol–water partition coefficient (Wildman–Crippen LogP) is 0.431. The topological polar surface area (TPSA) is 29.8 Å². The maximum Gasteiger partial charge on any atom is 0.424 e. The van der Waals surface area contributed by atoms with Crippen LogP contribution >= 0.6 is 0 Å². The second-order valence-corrected chi connectivity index (χ2v) is 2.53. The van der Waals surface area contributed by atoms with Gasteiger partial charge >= 0.3 is 15.8 Å². The lowest BCUT2D eigenvalue weighted by molar-refractivity contribution is -0.288. The fourth-order valence-corrected chi connectivity index (χ4v) is 1.43. The van der Waals surface area contributed by atoms with Gasteiger partial charge in [0.05, 0.1) is 6.08 Å². The molecule has 0 N–H and O–H groups in total. The first-order chi connectivity index (χ1) is 4.88. The third-order valence-corrected chi connectivity index (χ3v) is 1.89. The Morgan fingerprint density at radius 3 is 3.30 bits per heavy atom. The molecule has 2 aliphatic rings. The largest absolute Gasteiger partial charge is 0.621 e. The number of fused-ring (bicyclic) bond motifs is 1. The normalized spacial score (nSPS) is 20.7.